The van der Waals surface area contributed by atoms with E-state index in [1.807, 2.05) is 19.1 Å². The van der Waals surface area contributed by atoms with Crippen LogP contribution in [0.2, 0.25) is 0 Å². The molecule has 0 heterocycles. The van der Waals surface area contributed by atoms with Gasteiger partial charge in [0.1, 0.15) is 0 Å². The van der Waals surface area contributed by atoms with Crippen LogP contribution in [0.3, 0.4) is 0 Å². The molecule has 7 nitrogen and oxygen atoms in total. The normalized spacial score (nSPS) is 11.3. The molecular weight excluding hydrogens is 390 g/mol. The molecule has 156 valence electrons. The quantitative estimate of drug-likeness (QED) is 0.715. The minimum atomic E-state index is -3.58. The number of nitrogens with zero attached hydrogens (tertiary/aromatic N) is 2. The van der Waals surface area contributed by atoms with Gasteiger partial charge in [0.05, 0.1) is 11.4 Å². The van der Waals surface area contributed by atoms with Crippen molar-refractivity contribution in [2.75, 3.05) is 32.0 Å². The highest BCUT2D eigenvalue weighted by Gasteiger charge is 2.22. The highest BCUT2D eigenvalue weighted by atomic mass is 32.2. The lowest BCUT2D eigenvalue weighted by molar-refractivity contribution is -0.116. The van der Waals surface area contributed by atoms with Crippen LogP contribution in [0.25, 0.3) is 0 Å². The zero-order chi connectivity index (χ0) is 21.6. The van der Waals surface area contributed by atoms with Gasteiger partial charge in [-0.3, -0.25) is 9.59 Å². The van der Waals surface area contributed by atoms with Crippen LogP contribution in [0.4, 0.5) is 5.69 Å². The zero-order valence-corrected chi connectivity index (χ0v) is 18.0. The van der Waals surface area contributed by atoms with E-state index in [9.17, 15) is 18.0 Å². The van der Waals surface area contributed by atoms with Crippen LogP contribution in [0.15, 0.2) is 53.4 Å². The lowest BCUT2D eigenvalue weighted by Gasteiger charge is -2.19. The number of rotatable bonds is 8. The lowest BCUT2D eigenvalue weighted by Crippen LogP contribution is -2.35. The SMILES string of the molecule is CCN(CC)S(=O)(=O)c1ccc(C(=O)N(C)CC(=O)Nc2ccc(C)cc2)cc1. The molecule has 0 unspecified atom stereocenters. The van der Waals surface area contributed by atoms with E-state index in [1.54, 1.807) is 26.0 Å². The third kappa shape index (κ3) is 5.65. The topological polar surface area (TPSA) is 86.8 Å². The Hall–Kier alpha value is -2.71. The molecule has 2 rings (SSSR count). The fraction of sp³-hybridized carbons (Fsp3) is 0.333. The first-order valence-electron chi connectivity index (χ1n) is 9.41. The second-order valence-corrected chi connectivity index (χ2v) is 8.63. The predicted octanol–water partition coefficient (Wildman–Crippen LogP) is 2.74. The molecule has 0 radical (unpaired) electrons. The smallest absolute Gasteiger partial charge is 0.254 e. The van der Waals surface area contributed by atoms with Gasteiger partial charge in [-0.1, -0.05) is 31.5 Å². The van der Waals surface area contributed by atoms with Crippen molar-refractivity contribution in [1.29, 1.82) is 0 Å². The first-order chi connectivity index (χ1) is 13.7. The summed E-state index contributed by atoms with van der Waals surface area (Å²) in [5, 5.41) is 2.74. The summed E-state index contributed by atoms with van der Waals surface area (Å²) in [5.74, 6) is -0.679. The molecule has 2 aromatic carbocycles. The molecule has 0 aromatic heterocycles. The van der Waals surface area contributed by atoms with Gasteiger partial charge in [-0.25, -0.2) is 8.42 Å². The number of carbonyl (C=O) groups excluding carboxylic acids is 2. The standard InChI is InChI=1S/C21H27N3O4S/c1-5-24(6-2)29(27,28)19-13-9-17(10-14-19)21(26)23(4)15-20(25)22-18-11-7-16(3)8-12-18/h7-14H,5-6,15H2,1-4H3,(H,22,25). The summed E-state index contributed by atoms with van der Waals surface area (Å²) in [4.78, 5) is 26.2. The van der Waals surface area contributed by atoms with E-state index in [0.29, 0.717) is 24.3 Å². The minimum absolute atomic E-state index is 0.119. The Morgan fingerprint density at radius 1 is 0.931 bits per heavy atom. The number of nitrogens with one attached hydrogen (secondary N) is 1. The molecule has 0 aliphatic carbocycles. The van der Waals surface area contributed by atoms with Crippen molar-refractivity contribution >= 4 is 27.5 Å². The largest absolute Gasteiger partial charge is 0.332 e. The highest BCUT2D eigenvalue weighted by molar-refractivity contribution is 7.89. The van der Waals surface area contributed by atoms with Crippen LogP contribution < -0.4 is 5.32 Å². The fourth-order valence-corrected chi connectivity index (χ4v) is 4.29. The van der Waals surface area contributed by atoms with E-state index in [2.05, 4.69) is 5.32 Å². The number of carbonyl (C=O) groups is 2. The van der Waals surface area contributed by atoms with Crippen molar-refractivity contribution in [3.05, 3.63) is 59.7 Å². The van der Waals surface area contributed by atoms with E-state index >= 15 is 0 Å². The summed E-state index contributed by atoms with van der Waals surface area (Å²) >= 11 is 0. The Labute approximate surface area is 172 Å². The molecule has 0 atom stereocenters. The van der Waals surface area contributed by atoms with E-state index in [0.717, 1.165) is 5.56 Å². The van der Waals surface area contributed by atoms with Crippen molar-refractivity contribution in [1.82, 2.24) is 9.21 Å². The van der Waals surface area contributed by atoms with Gasteiger partial charge in [-0.15, -0.1) is 0 Å². The Kier molecular flexibility index (Phi) is 7.53. The summed E-state index contributed by atoms with van der Waals surface area (Å²) in [6, 6.07) is 13.1. The van der Waals surface area contributed by atoms with Gasteiger partial charge in [0.25, 0.3) is 5.91 Å². The van der Waals surface area contributed by atoms with Crippen molar-refractivity contribution < 1.29 is 18.0 Å². The van der Waals surface area contributed by atoms with Crippen LogP contribution in [0.5, 0.6) is 0 Å². The van der Waals surface area contributed by atoms with Gasteiger partial charge in [-0.05, 0) is 43.3 Å². The summed E-state index contributed by atoms with van der Waals surface area (Å²) in [6.45, 7) is 6.13. The van der Waals surface area contributed by atoms with Crippen molar-refractivity contribution in [3.8, 4) is 0 Å². The van der Waals surface area contributed by atoms with Crippen molar-refractivity contribution in [2.24, 2.45) is 0 Å². The van der Waals surface area contributed by atoms with Gasteiger partial charge in [0.2, 0.25) is 15.9 Å². The number of hydrogen-bond acceptors (Lipinski definition) is 4. The molecule has 8 heteroatoms. The number of aryl methyl sites for hydroxylation is 1. The van der Waals surface area contributed by atoms with Gasteiger partial charge in [0.15, 0.2) is 0 Å². The van der Waals surface area contributed by atoms with Crippen LogP contribution in [-0.2, 0) is 14.8 Å². The van der Waals surface area contributed by atoms with Crippen molar-refractivity contribution in [2.45, 2.75) is 25.7 Å². The summed E-state index contributed by atoms with van der Waals surface area (Å²) in [5.41, 5.74) is 2.06. The van der Waals surface area contributed by atoms with E-state index in [1.165, 1.54) is 40.5 Å². The number of sulfonamides is 1. The van der Waals surface area contributed by atoms with E-state index in [4.69, 9.17) is 0 Å². The van der Waals surface area contributed by atoms with Gasteiger partial charge in [0, 0.05) is 31.4 Å². The van der Waals surface area contributed by atoms with Gasteiger partial charge >= 0.3 is 0 Å². The molecule has 0 aliphatic rings. The number of benzene rings is 2. The molecule has 0 spiro atoms. The lowest BCUT2D eigenvalue weighted by atomic mass is 10.2. The van der Waals surface area contributed by atoms with Crippen LogP contribution in [0.1, 0.15) is 29.8 Å². The van der Waals surface area contributed by atoms with E-state index in [-0.39, 0.29) is 23.3 Å². The first kappa shape index (κ1) is 22.6. The van der Waals surface area contributed by atoms with Gasteiger partial charge < -0.3 is 10.2 Å². The van der Waals surface area contributed by atoms with Crippen LogP contribution >= 0.6 is 0 Å². The van der Waals surface area contributed by atoms with E-state index < -0.39 is 10.0 Å². The Morgan fingerprint density at radius 3 is 2.00 bits per heavy atom. The summed E-state index contributed by atoms with van der Waals surface area (Å²) in [7, 11) is -2.05. The molecule has 0 aliphatic heterocycles. The minimum Gasteiger partial charge on any atom is -0.332 e. The maximum absolute atomic E-state index is 12.6. The third-order valence-corrected chi connectivity index (χ3v) is 6.57. The summed E-state index contributed by atoms with van der Waals surface area (Å²) in [6.07, 6.45) is 0. The van der Waals surface area contributed by atoms with Gasteiger partial charge in [-0.2, -0.15) is 4.31 Å². The van der Waals surface area contributed by atoms with Crippen LogP contribution in [-0.4, -0.2) is 56.1 Å². The average molecular weight is 418 g/mol. The molecule has 2 aromatic rings. The Balaban J connectivity index is 2.03. The number of amides is 2. The highest BCUT2D eigenvalue weighted by Crippen LogP contribution is 2.17. The molecule has 0 bridgehead atoms. The fourth-order valence-electron chi connectivity index (χ4n) is 2.83. The number of hydrogen-bond donors (Lipinski definition) is 1. The molecule has 0 saturated heterocycles. The first-order valence-corrected chi connectivity index (χ1v) is 10.8. The van der Waals surface area contributed by atoms with Crippen LogP contribution in [0, 0.1) is 6.92 Å². The Morgan fingerprint density at radius 2 is 1.48 bits per heavy atom. The molecule has 0 fully saturated rings. The maximum Gasteiger partial charge on any atom is 0.254 e. The molecule has 0 saturated carbocycles. The second-order valence-electron chi connectivity index (χ2n) is 6.69. The molecular formula is C21H27N3O4S. The summed E-state index contributed by atoms with van der Waals surface area (Å²) < 4.78 is 26.4. The predicted molar refractivity (Wildman–Crippen MR) is 113 cm³/mol. The second kappa shape index (κ2) is 9.67. The van der Waals surface area contributed by atoms with Crippen molar-refractivity contribution in [3.63, 3.8) is 0 Å². The Bertz CT molecular complexity index is 950. The molecule has 29 heavy (non-hydrogen) atoms. The third-order valence-electron chi connectivity index (χ3n) is 4.51. The maximum atomic E-state index is 12.6. The average Bonchev–Trinajstić information content (AvgIpc) is 2.70. The monoisotopic (exact) mass is 417 g/mol. The zero-order valence-electron chi connectivity index (χ0n) is 17.2. The molecule has 2 amide bonds. The molecule has 1 N–H and O–H groups in total. The number of likely N-dealkylation sites (N-methyl/N-ethyl adjacent to an activating group) is 1. The number of anilines is 1.